The van der Waals surface area contributed by atoms with Crippen molar-refractivity contribution in [2.45, 2.75) is 38.5 Å². The molecule has 106 valence electrons. The Labute approximate surface area is 115 Å². The molecular formula is C13H16N4O3. The zero-order valence-electron chi connectivity index (χ0n) is 11.3. The van der Waals surface area contributed by atoms with Crippen molar-refractivity contribution in [2.24, 2.45) is 0 Å². The highest BCUT2D eigenvalue weighted by molar-refractivity contribution is 5.94. The second kappa shape index (κ2) is 5.44. The quantitative estimate of drug-likeness (QED) is 0.891. The predicted molar refractivity (Wildman–Crippen MR) is 68.2 cm³/mol. The van der Waals surface area contributed by atoms with Crippen LogP contribution >= 0.6 is 0 Å². The number of hydrogen-bond acceptors (Lipinski definition) is 6. The van der Waals surface area contributed by atoms with E-state index in [0.29, 0.717) is 36.0 Å². The first-order chi connectivity index (χ1) is 9.74. The summed E-state index contributed by atoms with van der Waals surface area (Å²) >= 11 is 0. The second-order valence-electron chi connectivity index (χ2n) is 4.98. The van der Waals surface area contributed by atoms with Crippen molar-refractivity contribution in [1.29, 1.82) is 0 Å². The van der Waals surface area contributed by atoms with Gasteiger partial charge >= 0.3 is 0 Å². The van der Waals surface area contributed by atoms with E-state index in [1.54, 1.807) is 6.92 Å². The molecule has 1 N–H and O–H groups in total. The maximum absolute atomic E-state index is 11.8. The smallest absolute Gasteiger partial charge is 0.256 e. The lowest BCUT2D eigenvalue weighted by Crippen LogP contribution is -2.26. The fourth-order valence-corrected chi connectivity index (χ4v) is 2.09. The van der Waals surface area contributed by atoms with Crippen LogP contribution in [0, 0.1) is 6.92 Å². The van der Waals surface area contributed by atoms with Crippen LogP contribution in [0.5, 0.6) is 0 Å². The summed E-state index contributed by atoms with van der Waals surface area (Å²) < 4.78 is 10.1. The molecule has 0 spiro atoms. The molecule has 0 bridgehead atoms. The van der Waals surface area contributed by atoms with Crippen LogP contribution in [0.4, 0.5) is 0 Å². The Balaban J connectivity index is 1.49. The minimum absolute atomic E-state index is 0.202. The number of aryl methyl sites for hydroxylation is 1. The molecule has 1 amide bonds. The molecule has 1 aliphatic carbocycles. The Morgan fingerprint density at radius 2 is 2.30 bits per heavy atom. The number of rotatable bonds is 5. The van der Waals surface area contributed by atoms with Crippen molar-refractivity contribution < 1.29 is 13.8 Å². The van der Waals surface area contributed by atoms with Crippen molar-refractivity contribution >= 4 is 5.91 Å². The third-order valence-corrected chi connectivity index (χ3v) is 3.57. The van der Waals surface area contributed by atoms with Gasteiger partial charge in [0.25, 0.3) is 5.91 Å². The molecule has 0 aliphatic heterocycles. The van der Waals surface area contributed by atoms with Crippen molar-refractivity contribution in [3.63, 3.8) is 0 Å². The van der Waals surface area contributed by atoms with E-state index in [1.165, 1.54) is 12.6 Å². The van der Waals surface area contributed by atoms with Crippen LogP contribution in [0.1, 0.15) is 53.0 Å². The molecule has 1 aliphatic rings. The molecule has 0 atom stereocenters. The van der Waals surface area contributed by atoms with Crippen LogP contribution < -0.4 is 5.32 Å². The number of nitrogens with zero attached hydrogens (tertiary/aromatic N) is 3. The Morgan fingerprint density at radius 3 is 2.95 bits per heavy atom. The third kappa shape index (κ3) is 2.56. The van der Waals surface area contributed by atoms with Gasteiger partial charge in [-0.2, -0.15) is 4.98 Å². The zero-order chi connectivity index (χ0) is 13.9. The summed E-state index contributed by atoms with van der Waals surface area (Å²) in [6, 6.07) is 0. The summed E-state index contributed by atoms with van der Waals surface area (Å²) in [6.07, 6.45) is 5.45. The van der Waals surface area contributed by atoms with Crippen LogP contribution in [0.2, 0.25) is 0 Å². The molecule has 7 heteroatoms. The first-order valence-corrected chi connectivity index (χ1v) is 6.76. The summed E-state index contributed by atoms with van der Waals surface area (Å²) in [5.74, 6) is 2.10. The van der Waals surface area contributed by atoms with Gasteiger partial charge in [0.2, 0.25) is 5.89 Å². The highest BCUT2D eigenvalue weighted by Gasteiger charge is 2.25. The van der Waals surface area contributed by atoms with E-state index in [4.69, 9.17) is 9.05 Å². The predicted octanol–water partition coefficient (Wildman–Crippen LogP) is 1.61. The Hall–Kier alpha value is -2.18. The molecular weight excluding hydrogens is 260 g/mol. The lowest BCUT2D eigenvalue weighted by atomic mass is 9.85. The summed E-state index contributed by atoms with van der Waals surface area (Å²) in [7, 11) is 0. The Bertz CT molecular complexity index is 600. The SMILES string of the molecule is Cc1oncc1C(=O)NCCc1noc(C2CCC2)n1. The van der Waals surface area contributed by atoms with Gasteiger partial charge in [-0.3, -0.25) is 4.79 Å². The second-order valence-corrected chi connectivity index (χ2v) is 4.98. The summed E-state index contributed by atoms with van der Waals surface area (Å²) in [6.45, 7) is 2.15. The average molecular weight is 276 g/mol. The number of aromatic nitrogens is 3. The molecule has 7 nitrogen and oxygen atoms in total. The zero-order valence-corrected chi connectivity index (χ0v) is 11.3. The fourth-order valence-electron chi connectivity index (χ4n) is 2.09. The highest BCUT2D eigenvalue weighted by Crippen LogP contribution is 2.35. The van der Waals surface area contributed by atoms with Gasteiger partial charge in [0.1, 0.15) is 11.3 Å². The number of nitrogens with one attached hydrogen (secondary N) is 1. The third-order valence-electron chi connectivity index (χ3n) is 3.57. The molecule has 2 aromatic rings. The monoisotopic (exact) mass is 276 g/mol. The fraction of sp³-hybridized carbons (Fsp3) is 0.538. The van der Waals surface area contributed by atoms with E-state index in [1.807, 2.05) is 0 Å². The topological polar surface area (TPSA) is 94.1 Å². The van der Waals surface area contributed by atoms with Gasteiger partial charge in [0.05, 0.1) is 6.20 Å². The van der Waals surface area contributed by atoms with Gasteiger partial charge < -0.3 is 14.4 Å². The molecule has 0 radical (unpaired) electrons. The van der Waals surface area contributed by atoms with Crippen LogP contribution in [0.15, 0.2) is 15.2 Å². The largest absolute Gasteiger partial charge is 0.361 e. The molecule has 1 fully saturated rings. The van der Waals surface area contributed by atoms with Gasteiger partial charge in [-0.1, -0.05) is 16.7 Å². The molecule has 0 aromatic carbocycles. The van der Waals surface area contributed by atoms with Gasteiger partial charge in [-0.15, -0.1) is 0 Å². The van der Waals surface area contributed by atoms with E-state index in [-0.39, 0.29) is 5.91 Å². The number of carbonyl (C=O) groups excluding carboxylic acids is 1. The van der Waals surface area contributed by atoms with Crippen molar-refractivity contribution in [1.82, 2.24) is 20.6 Å². The van der Waals surface area contributed by atoms with Crippen molar-refractivity contribution in [3.05, 3.63) is 29.2 Å². The number of carbonyl (C=O) groups is 1. The molecule has 0 saturated heterocycles. The number of hydrogen-bond donors (Lipinski definition) is 1. The molecule has 2 aromatic heterocycles. The first kappa shape index (κ1) is 12.8. The Kier molecular flexibility index (Phi) is 3.49. The van der Waals surface area contributed by atoms with Gasteiger partial charge in [-0.25, -0.2) is 0 Å². The standard InChI is InChI=1S/C13H16N4O3/c1-8-10(7-15-19-8)12(18)14-6-5-11-16-13(20-17-11)9-3-2-4-9/h7,9H,2-6H2,1H3,(H,14,18). The normalized spacial score (nSPS) is 15.1. The maximum Gasteiger partial charge on any atom is 0.256 e. The minimum atomic E-state index is -0.202. The van der Waals surface area contributed by atoms with E-state index in [2.05, 4.69) is 20.6 Å². The number of amides is 1. The van der Waals surface area contributed by atoms with Crippen molar-refractivity contribution in [3.8, 4) is 0 Å². The summed E-state index contributed by atoms with van der Waals surface area (Å²) in [5, 5.41) is 10.3. The van der Waals surface area contributed by atoms with E-state index in [0.717, 1.165) is 18.7 Å². The highest BCUT2D eigenvalue weighted by atomic mass is 16.5. The van der Waals surface area contributed by atoms with Crippen LogP contribution in [0.3, 0.4) is 0 Å². The molecule has 2 heterocycles. The van der Waals surface area contributed by atoms with Crippen LogP contribution in [-0.4, -0.2) is 27.7 Å². The Morgan fingerprint density at radius 1 is 1.45 bits per heavy atom. The molecule has 0 unspecified atom stereocenters. The molecule has 20 heavy (non-hydrogen) atoms. The first-order valence-electron chi connectivity index (χ1n) is 6.76. The minimum Gasteiger partial charge on any atom is -0.361 e. The van der Waals surface area contributed by atoms with Crippen LogP contribution in [-0.2, 0) is 6.42 Å². The van der Waals surface area contributed by atoms with Crippen LogP contribution in [0.25, 0.3) is 0 Å². The van der Waals surface area contributed by atoms with Gasteiger partial charge in [-0.05, 0) is 19.8 Å². The van der Waals surface area contributed by atoms with E-state index < -0.39 is 0 Å². The average Bonchev–Trinajstić information content (AvgIpc) is 2.96. The van der Waals surface area contributed by atoms with Crippen molar-refractivity contribution in [2.75, 3.05) is 6.54 Å². The molecule has 1 saturated carbocycles. The maximum atomic E-state index is 11.8. The van der Waals surface area contributed by atoms with E-state index in [9.17, 15) is 4.79 Å². The summed E-state index contributed by atoms with van der Waals surface area (Å²) in [5.41, 5.74) is 0.452. The van der Waals surface area contributed by atoms with Gasteiger partial charge in [0, 0.05) is 18.9 Å². The lowest BCUT2D eigenvalue weighted by Gasteiger charge is -2.20. The van der Waals surface area contributed by atoms with Gasteiger partial charge in [0.15, 0.2) is 5.82 Å². The molecule has 3 rings (SSSR count). The lowest BCUT2D eigenvalue weighted by molar-refractivity contribution is 0.0952. The van der Waals surface area contributed by atoms with E-state index >= 15 is 0 Å². The summed E-state index contributed by atoms with van der Waals surface area (Å²) in [4.78, 5) is 16.2.